The minimum absolute atomic E-state index is 0.0246. The van der Waals surface area contributed by atoms with E-state index in [4.69, 9.17) is 11.6 Å². The number of thioether (sulfide) groups is 1. The molecule has 2 amide bonds. The van der Waals surface area contributed by atoms with Gasteiger partial charge in [0, 0.05) is 35.2 Å². The third kappa shape index (κ3) is 6.57. The molecule has 0 aliphatic rings. The number of carbonyl (C=O) groups is 2. The lowest BCUT2D eigenvalue weighted by atomic mass is 10.1. The average Bonchev–Trinajstić information content (AvgIpc) is 2.68. The molecule has 0 spiro atoms. The summed E-state index contributed by atoms with van der Waals surface area (Å²) in [5.74, 6) is 0.491. The number of benzene rings is 2. The molecule has 0 bridgehead atoms. The van der Waals surface area contributed by atoms with Gasteiger partial charge < -0.3 is 10.2 Å². The second kappa shape index (κ2) is 11.1. The van der Waals surface area contributed by atoms with Crippen molar-refractivity contribution in [1.29, 1.82) is 0 Å². The molecule has 0 heterocycles. The van der Waals surface area contributed by atoms with Crippen LogP contribution in [0.4, 0.5) is 0 Å². The molecule has 0 aliphatic carbocycles. The highest BCUT2D eigenvalue weighted by Gasteiger charge is 2.25. The molecular weight excluding hydrogens is 392 g/mol. The predicted octanol–water partition coefficient (Wildman–Crippen LogP) is 4.68. The van der Waals surface area contributed by atoms with Crippen molar-refractivity contribution in [1.82, 2.24) is 10.2 Å². The van der Waals surface area contributed by atoms with Gasteiger partial charge in [-0.05, 0) is 56.2 Å². The summed E-state index contributed by atoms with van der Waals surface area (Å²) in [6, 6.07) is 15.0. The van der Waals surface area contributed by atoms with Crippen LogP contribution in [0.5, 0.6) is 0 Å². The van der Waals surface area contributed by atoms with Crippen molar-refractivity contribution in [3.05, 3.63) is 64.7 Å². The number of nitrogens with one attached hydrogen (secondary N) is 1. The van der Waals surface area contributed by atoms with Crippen LogP contribution in [-0.2, 0) is 16.1 Å². The van der Waals surface area contributed by atoms with Gasteiger partial charge >= 0.3 is 0 Å². The smallest absolute Gasteiger partial charge is 0.242 e. The van der Waals surface area contributed by atoms with Crippen LogP contribution in [0.15, 0.2) is 53.4 Å². The number of likely N-dealkylation sites (N-methyl/N-ethyl adjacent to an activating group) is 1. The largest absolute Gasteiger partial charge is 0.355 e. The molecule has 1 atom stereocenters. The van der Waals surface area contributed by atoms with Crippen LogP contribution < -0.4 is 5.32 Å². The molecule has 0 saturated carbocycles. The molecule has 6 heteroatoms. The maximum Gasteiger partial charge on any atom is 0.242 e. The van der Waals surface area contributed by atoms with E-state index in [9.17, 15) is 9.59 Å². The summed E-state index contributed by atoms with van der Waals surface area (Å²) in [7, 11) is 0. The molecule has 28 heavy (non-hydrogen) atoms. The number of hydrogen-bond donors (Lipinski definition) is 1. The molecular formula is C22H27ClN2O2S. The van der Waals surface area contributed by atoms with Gasteiger partial charge in [0.25, 0.3) is 0 Å². The molecule has 2 aromatic rings. The Kier molecular flexibility index (Phi) is 8.87. The van der Waals surface area contributed by atoms with Crippen LogP contribution in [0.1, 0.15) is 31.4 Å². The Morgan fingerprint density at radius 2 is 1.82 bits per heavy atom. The first-order chi connectivity index (χ1) is 13.4. The van der Waals surface area contributed by atoms with E-state index in [0.717, 1.165) is 16.0 Å². The van der Waals surface area contributed by atoms with E-state index in [1.54, 1.807) is 23.6 Å². The highest BCUT2D eigenvalue weighted by Crippen LogP contribution is 2.22. The Balaban J connectivity index is 2.06. The highest BCUT2D eigenvalue weighted by molar-refractivity contribution is 7.99. The molecule has 1 N–H and O–H groups in total. The van der Waals surface area contributed by atoms with E-state index in [1.807, 2.05) is 62.4 Å². The molecule has 1 unspecified atom stereocenters. The molecule has 0 saturated heterocycles. The van der Waals surface area contributed by atoms with Crippen molar-refractivity contribution in [3.63, 3.8) is 0 Å². The van der Waals surface area contributed by atoms with E-state index in [1.165, 1.54) is 0 Å². The summed E-state index contributed by atoms with van der Waals surface area (Å²) >= 11 is 7.52. The second-order valence-corrected chi connectivity index (χ2v) is 8.18. The number of nitrogens with zero attached hydrogens (tertiary/aromatic N) is 1. The lowest BCUT2D eigenvalue weighted by Gasteiger charge is -2.29. The van der Waals surface area contributed by atoms with Crippen molar-refractivity contribution in [2.75, 3.05) is 12.3 Å². The Morgan fingerprint density at radius 1 is 1.14 bits per heavy atom. The van der Waals surface area contributed by atoms with E-state index in [2.05, 4.69) is 5.32 Å². The van der Waals surface area contributed by atoms with Crippen LogP contribution in [0.3, 0.4) is 0 Å². The zero-order valence-corrected chi connectivity index (χ0v) is 18.1. The number of amides is 2. The highest BCUT2D eigenvalue weighted by atomic mass is 35.5. The molecule has 2 rings (SSSR count). The fraction of sp³-hybridized carbons (Fsp3) is 0.364. The first kappa shape index (κ1) is 22.3. The number of hydrogen-bond acceptors (Lipinski definition) is 3. The summed E-state index contributed by atoms with van der Waals surface area (Å²) in [5, 5.41) is 3.51. The van der Waals surface area contributed by atoms with E-state index in [-0.39, 0.29) is 11.8 Å². The van der Waals surface area contributed by atoms with Crippen LogP contribution in [0.25, 0.3) is 0 Å². The van der Waals surface area contributed by atoms with Crippen LogP contribution in [-0.4, -0.2) is 35.1 Å². The number of halogens is 1. The van der Waals surface area contributed by atoms with Gasteiger partial charge in [0.2, 0.25) is 11.8 Å². The molecule has 4 nitrogen and oxygen atoms in total. The van der Waals surface area contributed by atoms with Gasteiger partial charge in [-0.3, -0.25) is 9.59 Å². The maximum absolute atomic E-state index is 13.0. The summed E-state index contributed by atoms with van der Waals surface area (Å²) in [6.07, 6.45) is 0.364. The summed E-state index contributed by atoms with van der Waals surface area (Å²) in [5.41, 5.74) is 2.16. The Bertz CT molecular complexity index is 795. The van der Waals surface area contributed by atoms with Gasteiger partial charge in [-0.2, -0.15) is 0 Å². The van der Waals surface area contributed by atoms with Gasteiger partial charge in [0.15, 0.2) is 0 Å². The number of aryl methyl sites for hydroxylation is 1. The molecule has 2 aromatic carbocycles. The fourth-order valence-corrected chi connectivity index (χ4v) is 3.77. The van der Waals surface area contributed by atoms with E-state index < -0.39 is 6.04 Å². The van der Waals surface area contributed by atoms with Crippen LogP contribution in [0.2, 0.25) is 5.02 Å². The van der Waals surface area contributed by atoms with Crippen molar-refractivity contribution < 1.29 is 9.59 Å². The minimum Gasteiger partial charge on any atom is -0.355 e. The molecule has 0 fully saturated rings. The average molecular weight is 419 g/mol. The quantitative estimate of drug-likeness (QED) is 0.601. The molecule has 0 aromatic heterocycles. The van der Waals surface area contributed by atoms with Gasteiger partial charge in [0.05, 0.1) is 0 Å². The second-order valence-electron chi connectivity index (χ2n) is 6.57. The Hall–Kier alpha value is -1.98. The summed E-state index contributed by atoms with van der Waals surface area (Å²) in [4.78, 5) is 28.1. The fourth-order valence-electron chi connectivity index (χ4n) is 2.81. The third-order valence-corrected chi connectivity index (χ3v) is 5.78. The Morgan fingerprint density at radius 3 is 2.46 bits per heavy atom. The molecule has 150 valence electrons. The van der Waals surface area contributed by atoms with E-state index in [0.29, 0.717) is 30.3 Å². The third-order valence-electron chi connectivity index (χ3n) is 4.52. The zero-order valence-electron chi connectivity index (χ0n) is 16.6. The molecule has 0 radical (unpaired) electrons. The van der Waals surface area contributed by atoms with Crippen molar-refractivity contribution in [2.24, 2.45) is 0 Å². The lowest BCUT2D eigenvalue weighted by molar-refractivity contribution is -0.140. The minimum atomic E-state index is -0.521. The molecule has 0 aliphatic heterocycles. The van der Waals surface area contributed by atoms with Crippen molar-refractivity contribution in [2.45, 2.75) is 44.7 Å². The van der Waals surface area contributed by atoms with Gasteiger partial charge in [-0.15, -0.1) is 11.8 Å². The monoisotopic (exact) mass is 418 g/mol. The standard InChI is InChI=1S/C22H27ClN2O2S/c1-4-24-22(27)17(3)25(15-18-8-6-5-7-16(18)2)21(26)13-14-28-20-11-9-19(23)10-12-20/h5-12,17H,4,13-15H2,1-3H3,(H,24,27). The maximum atomic E-state index is 13.0. The number of carbonyl (C=O) groups excluding carboxylic acids is 2. The predicted molar refractivity (Wildman–Crippen MR) is 117 cm³/mol. The van der Waals surface area contributed by atoms with Gasteiger partial charge in [0.1, 0.15) is 6.04 Å². The number of rotatable bonds is 9. The topological polar surface area (TPSA) is 49.4 Å². The van der Waals surface area contributed by atoms with E-state index >= 15 is 0 Å². The van der Waals surface area contributed by atoms with Crippen molar-refractivity contribution in [3.8, 4) is 0 Å². The lowest BCUT2D eigenvalue weighted by Crippen LogP contribution is -2.47. The summed E-state index contributed by atoms with van der Waals surface area (Å²) in [6.45, 7) is 6.65. The van der Waals surface area contributed by atoms with Crippen LogP contribution in [0, 0.1) is 6.92 Å². The van der Waals surface area contributed by atoms with Gasteiger partial charge in [-0.1, -0.05) is 35.9 Å². The van der Waals surface area contributed by atoms with Gasteiger partial charge in [-0.25, -0.2) is 0 Å². The van der Waals surface area contributed by atoms with Crippen molar-refractivity contribution >= 4 is 35.2 Å². The van der Waals surface area contributed by atoms with Crippen LogP contribution >= 0.6 is 23.4 Å². The zero-order chi connectivity index (χ0) is 20.5. The first-order valence-corrected chi connectivity index (χ1v) is 10.8. The first-order valence-electron chi connectivity index (χ1n) is 9.42. The Labute approximate surface area is 176 Å². The SMILES string of the molecule is CCNC(=O)C(C)N(Cc1ccccc1C)C(=O)CCSc1ccc(Cl)cc1. The summed E-state index contributed by atoms with van der Waals surface area (Å²) < 4.78 is 0. The normalized spacial score (nSPS) is 11.7.